The van der Waals surface area contributed by atoms with E-state index in [2.05, 4.69) is 17.6 Å². The lowest BCUT2D eigenvalue weighted by Gasteiger charge is -2.26. The van der Waals surface area contributed by atoms with E-state index in [0.29, 0.717) is 24.6 Å². The molecule has 1 aromatic carbocycles. The fourth-order valence-electron chi connectivity index (χ4n) is 2.10. The van der Waals surface area contributed by atoms with Crippen LogP contribution in [0.15, 0.2) is 24.3 Å². The molecule has 5 nitrogen and oxygen atoms in total. The van der Waals surface area contributed by atoms with Crippen LogP contribution in [0.4, 0.5) is 10.5 Å². The Labute approximate surface area is 122 Å². The molecule has 0 spiro atoms. The third kappa shape index (κ3) is 3.80. The first-order chi connectivity index (χ1) is 9.60. The molecule has 2 amide bonds. The average Bonchev–Trinajstić information content (AvgIpc) is 2.47. The third-order valence-electron chi connectivity index (χ3n) is 3.54. The molecular formula is C14H21N3O2S. The van der Waals surface area contributed by atoms with E-state index in [0.717, 1.165) is 11.3 Å². The molecule has 1 aliphatic heterocycles. The zero-order valence-corrected chi connectivity index (χ0v) is 12.7. The van der Waals surface area contributed by atoms with Crippen molar-refractivity contribution in [1.29, 1.82) is 0 Å². The number of amides is 2. The fourth-order valence-corrected chi connectivity index (χ4v) is 3.15. The second-order valence-electron chi connectivity index (χ2n) is 4.90. The van der Waals surface area contributed by atoms with Crippen molar-refractivity contribution < 1.29 is 9.00 Å². The van der Waals surface area contributed by atoms with Crippen LogP contribution < -0.4 is 10.6 Å². The highest BCUT2D eigenvalue weighted by atomic mass is 32.2. The largest absolute Gasteiger partial charge is 0.323 e. The van der Waals surface area contributed by atoms with Crippen molar-refractivity contribution in [3.8, 4) is 0 Å². The Bertz CT molecular complexity index is 497. The van der Waals surface area contributed by atoms with Crippen LogP contribution in [-0.2, 0) is 10.8 Å². The van der Waals surface area contributed by atoms with E-state index in [9.17, 15) is 9.00 Å². The average molecular weight is 295 g/mol. The van der Waals surface area contributed by atoms with Crippen LogP contribution in [0.3, 0.4) is 0 Å². The highest BCUT2D eigenvalue weighted by Crippen LogP contribution is 2.17. The Hall–Kier alpha value is -1.40. The monoisotopic (exact) mass is 295 g/mol. The normalized spacial score (nSPS) is 17.8. The second-order valence-corrected chi connectivity index (χ2v) is 6.60. The number of urea groups is 1. The van der Waals surface area contributed by atoms with Gasteiger partial charge in [0.05, 0.1) is 0 Å². The number of nitrogens with one attached hydrogen (secondary N) is 2. The number of hydrogen-bond acceptors (Lipinski definition) is 3. The minimum absolute atomic E-state index is 0.115. The van der Waals surface area contributed by atoms with Gasteiger partial charge in [-0.1, -0.05) is 12.1 Å². The maximum absolute atomic E-state index is 12.1. The van der Waals surface area contributed by atoms with Gasteiger partial charge < -0.3 is 15.5 Å². The zero-order chi connectivity index (χ0) is 14.5. The summed E-state index contributed by atoms with van der Waals surface area (Å²) in [5.41, 5.74) is 1.92. The fraction of sp³-hybridized carbons (Fsp3) is 0.500. The molecule has 1 fully saturated rings. The van der Waals surface area contributed by atoms with E-state index in [1.807, 2.05) is 31.3 Å². The molecule has 1 heterocycles. The van der Waals surface area contributed by atoms with Gasteiger partial charge >= 0.3 is 6.03 Å². The summed E-state index contributed by atoms with van der Waals surface area (Å²) in [6.07, 6.45) is 0. The van der Waals surface area contributed by atoms with Crippen molar-refractivity contribution in [3.63, 3.8) is 0 Å². The lowest BCUT2D eigenvalue weighted by Crippen LogP contribution is -2.43. The van der Waals surface area contributed by atoms with Gasteiger partial charge in [-0.3, -0.25) is 4.21 Å². The van der Waals surface area contributed by atoms with E-state index in [4.69, 9.17) is 0 Å². The van der Waals surface area contributed by atoms with Crippen LogP contribution in [0, 0.1) is 0 Å². The van der Waals surface area contributed by atoms with Crippen molar-refractivity contribution in [2.24, 2.45) is 0 Å². The van der Waals surface area contributed by atoms with Crippen LogP contribution in [0.1, 0.15) is 18.5 Å². The van der Waals surface area contributed by atoms with Gasteiger partial charge in [-0.25, -0.2) is 4.79 Å². The molecule has 1 aromatic rings. The summed E-state index contributed by atoms with van der Waals surface area (Å²) in [6.45, 7) is 3.19. The van der Waals surface area contributed by atoms with Gasteiger partial charge in [0, 0.05) is 47.1 Å². The van der Waals surface area contributed by atoms with Crippen LogP contribution >= 0.6 is 0 Å². The van der Waals surface area contributed by atoms with Crippen molar-refractivity contribution >= 4 is 22.5 Å². The van der Waals surface area contributed by atoms with Crippen LogP contribution in [0.25, 0.3) is 0 Å². The molecule has 20 heavy (non-hydrogen) atoms. The number of benzene rings is 1. The van der Waals surface area contributed by atoms with Crippen LogP contribution in [0.5, 0.6) is 0 Å². The molecule has 1 unspecified atom stereocenters. The number of carbonyl (C=O) groups is 1. The van der Waals surface area contributed by atoms with Crippen molar-refractivity contribution in [2.75, 3.05) is 37.0 Å². The molecule has 1 atom stereocenters. The standard InChI is InChI=1S/C14H21N3O2S/c1-11(15-2)12-4-3-5-13(10-12)16-14(18)17-6-8-20(19)9-7-17/h3-5,10-11,15H,6-9H2,1-2H3,(H,16,18). The minimum atomic E-state index is -0.765. The molecule has 0 radical (unpaired) electrons. The van der Waals surface area contributed by atoms with Crippen molar-refractivity contribution in [2.45, 2.75) is 13.0 Å². The number of anilines is 1. The predicted molar refractivity (Wildman–Crippen MR) is 82.4 cm³/mol. The van der Waals surface area contributed by atoms with Gasteiger partial charge in [-0.15, -0.1) is 0 Å². The van der Waals surface area contributed by atoms with Gasteiger partial charge in [0.2, 0.25) is 0 Å². The molecule has 1 aliphatic rings. The first-order valence-electron chi connectivity index (χ1n) is 6.78. The second kappa shape index (κ2) is 6.85. The molecule has 6 heteroatoms. The van der Waals surface area contributed by atoms with E-state index >= 15 is 0 Å². The molecule has 2 rings (SSSR count). The lowest BCUT2D eigenvalue weighted by atomic mass is 10.1. The highest BCUT2D eigenvalue weighted by Gasteiger charge is 2.20. The summed E-state index contributed by atoms with van der Waals surface area (Å²) in [4.78, 5) is 13.8. The summed E-state index contributed by atoms with van der Waals surface area (Å²) in [5.74, 6) is 1.15. The minimum Gasteiger partial charge on any atom is -0.323 e. The summed E-state index contributed by atoms with van der Waals surface area (Å²) in [5, 5.41) is 6.08. The maximum atomic E-state index is 12.1. The van der Waals surface area contributed by atoms with Gasteiger partial charge in [0.1, 0.15) is 0 Å². The molecule has 0 aliphatic carbocycles. The predicted octanol–water partition coefficient (Wildman–Crippen LogP) is 1.56. The van der Waals surface area contributed by atoms with E-state index in [-0.39, 0.29) is 12.1 Å². The molecule has 110 valence electrons. The molecule has 2 N–H and O–H groups in total. The molecule has 0 saturated carbocycles. The smallest absolute Gasteiger partial charge is 0.321 e. The van der Waals surface area contributed by atoms with Gasteiger partial charge in [-0.05, 0) is 31.7 Å². The topological polar surface area (TPSA) is 61.4 Å². The van der Waals surface area contributed by atoms with Gasteiger partial charge in [0.25, 0.3) is 0 Å². The number of hydrogen-bond donors (Lipinski definition) is 2. The van der Waals surface area contributed by atoms with Crippen LogP contribution in [0.2, 0.25) is 0 Å². The Morgan fingerprint density at radius 1 is 1.35 bits per heavy atom. The van der Waals surface area contributed by atoms with E-state index in [1.54, 1.807) is 4.90 Å². The van der Waals surface area contributed by atoms with E-state index < -0.39 is 10.8 Å². The highest BCUT2D eigenvalue weighted by molar-refractivity contribution is 7.85. The Morgan fingerprint density at radius 3 is 2.70 bits per heavy atom. The van der Waals surface area contributed by atoms with Gasteiger partial charge in [-0.2, -0.15) is 0 Å². The zero-order valence-electron chi connectivity index (χ0n) is 11.9. The maximum Gasteiger partial charge on any atom is 0.321 e. The van der Waals surface area contributed by atoms with Crippen molar-refractivity contribution in [1.82, 2.24) is 10.2 Å². The first-order valence-corrected chi connectivity index (χ1v) is 8.27. The molecule has 1 saturated heterocycles. The Morgan fingerprint density at radius 2 is 2.05 bits per heavy atom. The number of carbonyl (C=O) groups excluding carboxylic acids is 1. The summed E-state index contributed by atoms with van der Waals surface area (Å²) >= 11 is 0. The number of nitrogens with zero attached hydrogens (tertiary/aromatic N) is 1. The van der Waals surface area contributed by atoms with E-state index in [1.165, 1.54) is 0 Å². The SMILES string of the molecule is CNC(C)c1cccc(NC(=O)N2CCS(=O)CC2)c1. The quantitative estimate of drug-likeness (QED) is 0.889. The molecule has 0 bridgehead atoms. The Kier molecular flexibility index (Phi) is 5.14. The Balaban J connectivity index is 1.99. The third-order valence-corrected chi connectivity index (χ3v) is 4.81. The number of rotatable bonds is 3. The van der Waals surface area contributed by atoms with Crippen molar-refractivity contribution in [3.05, 3.63) is 29.8 Å². The summed E-state index contributed by atoms with van der Waals surface area (Å²) in [6, 6.07) is 7.94. The summed E-state index contributed by atoms with van der Waals surface area (Å²) < 4.78 is 11.3. The first kappa shape index (κ1) is 15.0. The summed E-state index contributed by atoms with van der Waals surface area (Å²) in [7, 11) is 1.14. The van der Waals surface area contributed by atoms with Gasteiger partial charge in [0.15, 0.2) is 0 Å². The molecular weight excluding hydrogens is 274 g/mol. The van der Waals surface area contributed by atoms with Crippen LogP contribution in [-0.4, -0.2) is 46.8 Å². The molecule has 0 aromatic heterocycles. The lowest BCUT2D eigenvalue weighted by molar-refractivity contribution is 0.216.